The van der Waals surface area contributed by atoms with E-state index < -0.39 is 35.6 Å². The molecule has 2 aromatic carbocycles. The van der Waals surface area contributed by atoms with Crippen LogP contribution < -0.4 is 18.8 Å². The molecule has 3 rings (SSSR count). The number of ketones is 1. The van der Waals surface area contributed by atoms with Crippen molar-refractivity contribution in [1.82, 2.24) is 0 Å². The van der Waals surface area contributed by atoms with Crippen LogP contribution in [-0.4, -0.2) is 35.8 Å². The number of aliphatic hydroxyl groups is 1. The Labute approximate surface area is 201 Å². The molecule has 1 N–H and O–H groups in total. The third kappa shape index (κ3) is 7.87. The van der Waals surface area contributed by atoms with Crippen molar-refractivity contribution in [1.29, 1.82) is 0 Å². The van der Waals surface area contributed by atoms with Crippen LogP contribution in [0.25, 0.3) is 5.69 Å². The number of ether oxygens (including phenoxy) is 3. The average molecular weight is 516 g/mol. The first-order valence-electron chi connectivity index (χ1n) is 10.3. The fraction of sp³-hybridized carbons (Fsp3) is 0.250. The smallest absolute Gasteiger partial charge is 0.487 e. The van der Waals surface area contributed by atoms with Gasteiger partial charge in [0.05, 0.1) is 17.2 Å². The van der Waals surface area contributed by atoms with E-state index in [4.69, 9.17) is 4.74 Å². The maximum atomic E-state index is 13.0. The molecule has 3 aromatic rings. The van der Waals surface area contributed by atoms with Crippen molar-refractivity contribution < 1.29 is 55.0 Å². The van der Waals surface area contributed by atoms with Crippen molar-refractivity contribution in [2.45, 2.75) is 32.2 Å². The number of alkyl halides is 6. The zero-order valence-corrected chi connectivity index (χ0v) is 18.9. The summed E-state index contributed by atoms with van der Waals surface area (Å²) in [5.41, 5.74) is -0.941. The van der Waals surface area contributed by atoms with Crippen LogP contribution in [0.3, 0.4) is 0 Å². The lowest BCUT2D eigenvalue weighted by Gasteiger charge is -2.19. The number of pyridine rings is 1. The summed E-state index contributed by atoms with van der Waals surface area (Å²) < 4.78 is 90.3. The molecule has 0 spiro atoms. The quantitative estimate of drug-likeness (QED) is 0.255. The van der Waals surface area contributed by atoms with E-state index in [0.29, 0.717) is 0 Å². The predicted molar refractivity (Wildman–Crippen MR) is 113 cm³/mol. The van der Waals surface area contributed by atoms with Gasteiger partial charge in [0.15, 0.2) is 29.7 Å². The lowest BCUT2D eigenvalue weighted by molar-refractivity contribution is -0.595. The van der Waals surface area contributed by atoms with Gasteiger partial charge in [0.25, 0.3) is 0 Å². The molecule has 0 saturated heterocycles. The normalized spacial score (nSPS) is 12.2. The first-order chi connectivity index (χ1) is 16.6. The van der Waals surface area contributed by atoms with Gasteiger partial charge in [0.2, 0.25) is 5.69 Å². The van der Waals surface area contributed by atoms with E-state index in [-0.39, 0.29) is 29.2 Å². The number of halogens is 6. The van der Waals surface area contributed by atoms with Gasteiger partial charge in [0, 0.05) is 17.7 Å². The van der Waals surface area contributed by atoms with Crippen molar-refractivity contribution in [3.05, 3.63) is 78.1 Å². The molecule has 0 bridgehead atoms. The first-order valence-corrected chi connectivity index (χ1v) is 10.3. The van der Waals surface area contributed by atoms with E-state index in [2.05, 4.69) is 9.47 Å². The Kier molecular flexibility index (Phi) is 7.48. The molecule has 6 nitrogen and oxygen atoms in total. The zero-order valence-electron chi connectivity index (χ0n) is 18.9. The molecular formula is C24H20F6NO5+. The summed E-state index contributed by atoms with van der Waals surface area (Å²) in [5, 5.41) is 9.80. The summed E-state index contributed by atoms with van der Waals surface area (Å²) in [6, 6.07) is 10.9. The van der Waals surface area contributed by atoms with Crippen molar-refractivity contribution in [3.63, 3.8) is 0 Å². The summed E-state index contributed by atoms with van der Waals surface area (Å²) in [4.78, 5) is 12.8. The Bertz CT molecular complexity index is 1220. The van der Waals surface area contributed by atoms with Gasteiger partial charge >= 0.3 is 12.7 Å². The van der Waals surface area contributed by atoms with Crippen LogP contribution in [0, 0.1) is 0 Å². The van der Waals surface area contributed by atoms with Crippen LogP contribution in [0.1, 0.15) is 29.8 Å². The maximum absolute atomic E-state index is 13.0. The van der Waals surface area contributed by atoms with Gasteiger partial charge in [0.1, 0.15) is 12.4 Å². The number of hydrogen-bond donors (Lipinski definition) is 1. The topological polar surface area (TPSA) is 68.9 Å². The number of carbonyl (C=O) groups excluding carboxylic acids is 1. The number of carbonyl (C=O) groups is 1. The molecule has 0 aliphatic carbocycles. The second kappa shape index (κ2) is 10.1. The fourth-order valence-electron chi connectivity index (χ4n) is 2.98. The SMILES string of the molecule is CC(C)(O)COc1ccc(-[n+]2cccc(C(=O)c3ccc(OC(F)(F)F)cc3)c2)cc1OC(F)(F)F. The summed E-state index contributed by atoms with van der Waals surface area (Å²) in [7, 11) is 0. The van der Waals surface area contributed by atoms with Gasteiger partial charge in [-0.1, -0.05) is 0 Å². The van der Waals surface area contributed by atoms with E-state index in [0.717, 1.165) is 30.3 Å². The van der Waals surface area contributed by atoms with Crippen LogP contribution in [-0.2, 0) is 0 Å². The Morgan fingerprint density at radius 2 is 1.50 bits per heavy atom. The molecule has 1 heterocycles. The van der Waals surface area contributed by atoms with Crippen LogP contribution in [0.4, 0.5) is 26.3 Å². The molecule has 1 aromatic heterocycles. The van der Waals surface area contributed by atoms with Gasteiger partial charge in [-0.15, -0.1) is 26.3 Å². The number of nitrogens with zero attached hydrogens (tertiary/aromatic N) is 1. The summed E-state index contributed by atoms with van der Waals surface area (Å²) in [6.07, 6.45) is -7.08. The largest absolute Gasteiger partial charge is 0.573 e. The lowest BCUT2D eigenvalue weighted by Crippen LogP contribution is -2.31. The van der Waals surface area contributed by atoms with Crippen molar-refractivity contribution in [3.8, 4) is 22.9 Å². The number of rotatable bonds is 8. The Morgan fingerprint density at radius 3 is 2.08 bits per heavy atom. The highest BCUT2D eigenvalue weighted by Crippen LogP contribution is 2.34. The summed E-state index contributed by atoms with van der Waals surface area (Å²) >= 11 is 0. The lowest BCUT2D eigenvalue weighted by atomic mass is 10.0. The second-order valence-electron chi connectivity index (χ2n) is 8.18. The molecule has 0 atom stereocenters. The molecule has 0 radical (unpaired) electrons. The number of benzene rings is 2. The Morgan fingerprint density at radius 1 is 0.861 bits per heavy atom. The van der Waals surface area contributed by atoms with E-state index in [1.807, 2.05) is 0 Å². The van der Waals surface area contributed by atoms with Gasteiger partial charge < -0.3 is 19.3 Å². The van der Waals surface area contributed by atoms with Gasteiger partial charge in [-0.25, -0.2) is 0 Å². The van der Waals surface area contributed by atoms with Gasteiger partial charge in [-0.3, -0.25) is 4.79 Å². The molecule has 0 aliphatic rings. The minimum absolute atomic E-state index is 0.0683. The monoisotopic (exact) mass is 516 g/mol. The standard InChI is InChI=1S/C24H20F6NO5/c1-22(2,33)14-34-19-10-7-17(12-20(19)36-24(28,29)30)31-11-3-4-16(13-31)21(32)15-5-8-18(9-6-15)35-23(25,26)27/h3-13,33H,14H2,1-2H3/q+1. The molecule has 0 unspecified atom stereocenters. The van der Waals surface area contributed by atoms with Crippen molar-refractivity contribution in [2.24, 2.45) is 0 Å². The fourth-order valence-corrected chi connectivity index (χ4v) is 2.98. The van der Waals surface area contributed by atoms with E-state index >= 15 is 0 Å². The third-order valence-electron chi connectivity index (χ3n) is 4.44. The van der Waals surface area contributed by atoms with Crippen LogP contribution >= 0.6 is 0 Å². The summed E-state index contributed by atoms with van der Waals surface area (Å²) in [6.45, 7) is 2.53. The van der Waals surface area contributed by atoms with Crippen LogP contribution in [0.15, 0.2) is 67.0 Å². The average Bonchev–Trinajstić information content (AvgIpc) is 2.75. The molecule has 0 saturated carbocycles. The molecule has 192 valence electrons. The Balaban J connectivity index is 1.89. The highest BCUT2D eigenvalue weighted by molar-refractivity contribution is 6.08. The first kappa shape index (κ1) is 26.8. The van der Waals surface area contributed by atoms with Crippen molar-refractivity contribution in [2.75, 3.05) is 6.61 Å². The van der Waals surface area contributed by atoms with Crippen LogP contribution in [0.2, 0.25) is 0 Å². The molecule has 0 amide bonds. The molecule has 0 aliphatic heterocycles. The van der Waals surface area contributed by atoms with Gasteiger partial charge in [-0.05, 0) is 50.2 Å². The molecule has 0 fully saturated rings. The zero-order chi connectivity index (χ0) is 26.7. The summed E-state index contributed by atoms with van der Waals surface area (Å²) in [5.74, 6) is -1.95. The number of hydrogen-bond acceptors (Lipinski definition) is 5. The number of aromatic nitrogens is 1. The van der Waals surface area contributed by atoms with Crippen LogP contribution in [0.5, 0.6) is 17.2 Å². The minimum atomic E-state index is -5.02. The third-order valence-corrected chi connectivity index (χ3v) is 4.44. The molecular weight excluding hydrogens is 496 g/mol. The van der Waals surface area contributed by atoms with E-state index in [1.54, 1.807) is 0 Å². The maximum Gasteiger partial charge on any atom is 0.573 e. The van der Waals surface area contributed by atoms with E-state index in [1.165, 1.54) is 55.1 Å². The highest BCUT2D eigenvalue weighted by atomic mass is 19.4. The molecule has 12 heteroatoms. The van der Waals surface area contributed by atoms with Gasteiger partial charge in [-0.2, -0.15) is 4.57 Å². The van der Waals surface area contributed by atoms with Crippen molar-refractivity contribution >= 4 is 5.78 Å². The predicted octanol–water partition coefficient (Wildman–Crippen LogP) is 5.14. The Hall–Kier alpha value is -3.80. The minimum Gasteiger partial charge on any atom is -0.487 e. The highest BCUT2D eigenvalue weighted by Gasteiger charge is 2.34. The molecule has 36 heavy (non-hydrogen) atoms. The second-order valence-corrected chi connectivity index (χ2v) is 8.18. The van der Waals surface area contributed by atoms with E-state index in [9.17, 15) is 36.2 Å².